The molecule has 0 saturated heterocycles. The van der Waals surface area contributed by atoms with Gasteiger partial charge in [-0.05, 0) is 37.6 Å². The molecule has 1 N–H and O–H groups in total. The molecule has 1 amide bonds. The molecule has 8 heteroatoms. The van der Waals surface area contributed by atoms with Crippen LogP contribution in [-0.2, 0) is 11.2 Å². The smallest absolute Gasteiger partial charge is 0.341 e. The fourth-order valence-electron chi connectivity index (χ4n) is 2.55. The van der Waals surface area contributed by atoms with E-state index in [-0.39, 0.29) is 12.5 Å². The summed E-state index contributed by atoms with van der Waals surface area (Å²) in [4.78, 5) is 26.4. The van der Waals surface area contributed by atoms with Crippen LogP contribution in [0.2, 0.25) is 5.02 Å². The van der Waals surface area contributed by atoms with Crippen molar-refractivity contribution in [2.24, 2.45) is 0 Å². The minimum Gasteiger partial charge on any atom is -0.497 e. The molecule has 1 aromatic carbocycles. The number of hydrogen-bond donors (Lipinski definition) is 1. The Kier molecular flexibility index (Phi) is 6.04. The summed E-state index contributed by atoms with van der Waals surface area (Å²) >= 11 is 9.10. The monoisotopic (exact) mass is 423 g/mol. The molecule has 3 aromatic rings. The Morgan fingerprint density at radius 2 is 1.96 bits per heavy atom. The molecule has 27 heavy (non-hydrogen) atoms. The molecule has 0 aliphatic rings. The van der Waals surface area contributed by atoms with E-state index in [2.05, 4.69) is 5.32 Å². The van der Waals surface area contributed by atoms with Gasteiger partial charge in [0.25, 0.3) is 5.91 Å². The predicted molar refractivity (Wildman–Crippen MR) is 111 cm³/mol. The first-order valence-corrected chi connectivity index (χ1v) is 10.4. The summed E-state index contributed by atoms with van der Waals surface area (Å²) in [5, 5.41) is 4.43. The normalized spacial score (nSPS) is 10.8. The highest BCUT2D eigenvalue weighted by atomic mass is 35.5. The van der Waals surface area contributed by atoms with Gasteiger partial charge in [-0.3, -0.25) is 4.79 Å². The van der Waals surface area contributed by atoms with E-state index in [0.29, 0.717) is 26.2 Å². The summed E-state index contributed by atoms with van der Waals surface area (Å²) < 4.78 is 11.2. The van der Waals surface area contributed by atoms with Crippen molar-refractivity contribution in [2.45, 2.75) is 20.3 Å². The largest absolute Gasteiger partial charge is 0.497 e. The second-order valence-corrected chi connectivity index (χ2v) is 8.16. The Balaban J connectivity index is 1.94. The molecule has 3 rings (SSSR count). The van der Waals surface area contributed by atoms with Gasteiger partial charge in [0.15, 0.2) is 0 Å². The molecule has 0 fully saturated rings. The van der Waals surface area contributed by atoms with Crippen molar-refractivity contribution in [2.75, 3.05) is 19.0 Å². The van der Waals surface area contributed by atoms with E-state index < -0.39 is 5.97 Å². The number of ether oxygens (including phenoxy) is 2. The van der Waals surface area contributed by atoms with Gasteiger partial charge in [-0.25, -0.2) is 4.79 Å². The summed E-state index contributed by atoms with van der Waals surface area (Å²) in [5.74, 6) is -0.129. The standard InChI is InChI=1S/C19H18ClNO4S2/c1-4-11-9-13(19(23)25-5-2)18(26-11)21-17(22)16-15(20)12-8-10(24-3)6-7-14(12)27-16/h6-9H,4-5H2,1-3H3,(H,21,22). The third-order valence-electron chi connectivity index (χ3n) is 3.89. The maximum absolute atomic E-state index is 12.8. The van der Waals surface area contributed by atoms with Crippen LogP contribution >= 0.6 is 34.3 Å². The van der Waals surface area contributed by atoms with Gasteiger partial charge >= 0.3 is 5.97 Å². The first kappa shape index (κ1) is 19.7. The van der Waals surface area contributed by atoms with E-state index >= 15 is 0 Å². The quantitative estimate of drug-likeness (QED) is 0.523. The highest BCUT2D eigenvalue weighted by molar-refractivity contribution is 7.22. The third kappa shape index (κ3) is 3.95. The van der Waals surface area contributed by atoms with Crippen LogP contribution in [0.3, 0.4) is 0 Å². The topological polar surface area (TPSA) is 64.6 Å². The number of benzene rings is 1. The van der Waals surface area contributed by atoms with E-state index in [1.165, 1.54) is 22.7 Å². The lowest BCUT2D eigenvalue weighted by Crippen LogP contribution is -2.13. The lowest BCUT2D eigenvalue weighted by Gasteiger charge is -2.05. The van der Waals surface area contributed by atoms with Gasteiger partial charge in [-0.1, -0.05) is 18.5 Å². The molecular formula is C19H18ClNO4S2. The number of esters is 1. The molecule has 142 valence electrons. The van der Waals surface area contributed by atoms with Crippen LogP contribution in [0.25, 0.3) is 10.1 Å². The van der Waals surface area contributed by atoms with Gasteiger partial charge in [0.1, 0.15) is 15.6 Å². The van der Waals surface area contributed by atoms with Gasteiger partial charge in [-0.15, -0.1) is 22.7 Å². The molecule has 0 bridgehead atoms. The Hall–Kier alpha value is -2.09. The van der Waals surface area contributed by atoms with Crippen LogP contribution in [0.4, 0.5) is 5.00 Å². The zero-order chi connectivity index (χ0) is 19.6. The molecule has 0 saturated carbocycles. The predicted octanol–water partition coefficient (Wildman–Crippen LogP) is 5.62. The van der Waals surface area contributed by atoms with Crippen LogP contribution in [0.5, 0.6) is 5.75 Å². The number of rotatable bonds is 6. The Labute approximate surface area is 169 Å². The Bertz CT molecular complexity index is 1010. The van der Waals surface area contributed by atoms with Gasteiger partial charge in [0.05, 0.1) is 24.3 Å². The molecule has 0 spiro atoms. The van der Waals surface area contributed by atoms with Crippen LogP contribution in [0.15, 0.2) is 24.3 Å². The number of halogens is 1. The second kappa shape index (κ2) is 8.29. The molecule has 2 heterocycles. The van der Waals surface area contributed by atoms with Gasteiger partial charge in [0.2, 0.25) is 0 Å². The number of fused-ring (bicyclic) bond motifs is 1. The summed E-state index contributed by atoms with van der Waals surface area (Å²) in [6.07, 6.45) is 0.760. The zero-order valence-electron chi connectivity index (χ0n) is 15.1. The molecule has 0 atom stereocenters. The van der Waals surface area contributed by atoms with Crippen LogP contribution in [-0.4, -0.2) is 25.6 Å². The molecular weight excluding hydrogens is 406 g/mol. The van der Waals surface area contributed by atoms with Crippen molar-refractivity contribution < 1.29 is 19.1 Å². The van der Waals surface area contributed by atoms with E-state index in [4.69, 9.17) is 21.1 Å². The summed E-state index contributed by atoms with van der Waals surface area (Å²) in [7, 11) is 1.58. The summed E-state index contributed by atoms with van der Waals surface area (Å²) in [6.45, 7) is 4.00. The van der Waals surface area contributed by atoms with Gasteiger partial charge in [-0.2, -0.15) is 0 Å². The van der Waals surface area contributed by atoms with Crippen molar-refractivity contribution in [3.05, 3.63) is 44.6 Å². The third-order valence-corrected chi connectivity index (χ3v) is 6.76. The van der Waals surface area contributed by atoms with E-state index in [1.54, 1.807) is 26.2 Å². The summed E-state index contributed by atoms with van der Waals surface area (Å²) in [6, 6.07) is 7.25. The first-order chi connectivity index (χ1) is 13.0. The van der Waals surface area contributed by atoms with E-state index in [9.17, 15) is 9.59 Å². The molecule has 0 aliphatic carbocycles. The van der Waals surface area contributed by atoms with Crippen LogP contribution in [0, 0.1) is 0 Å². The molecule has 0 radical (unpaired) electrons. The van der Waals surface area contributed by atoms with Crippen LogP contribution < -0.4 is 10.1 Å². The average molecular weight is 424 g/mol. The fourth-order valence-corrected chi connectivity index (χ4v) is 4.91. The number of amides is 1. The number of aryl methyl sites for hydroxylation is 1. The minimum absolute atomic E-state index is 0.271. The minimum atomic E-state index is -0.448. The van der Waals surface area contributed by atoms with Gasteiger partial charge in [0, 0.05) is 15.0 Å². The maximum Gasteiger partial charge on any atom is 0.341 e. The van der Waals surface area contributed by atoms with Crippen molar-refractivity contribution >= 4 is 61.2 Å². The molecule has 2 aromatic heterocycles. The molecule has 0 unspecified atom stereocenters. The zero-order valence-corrected chi connectivity index (χ0v) is 17.4. The number of thiophene rings is 2. The summed E-state index contributed by atoms with van der Waals surface area (Å²) in [5.41, 5.74) is 0.367. The average Bonchev–Trinajstić information content (AvgIpc) is 3.22. The van der Waals surface area contributed by atoms with Crippen molar-refractivity contribution in [1.29, 1.82) is 0 Å². The Morgan fingerprint density at radius 3 is 2.63 bits per heavy atom. The Morgan fingerprint density at radius 1 is 1.19 bits per heavy atom. The van der Waals surface area contributed by atoms with E-state index in [0.717, 1.165) is 21.4 Å². The highest BCUT2D eigenvalue weighted by Gasteiger charge is 2.22. The highest BCUT2D eigenvalue weighted by Crippen LogP contribution is 2.38. The SMILES string of the molecule is CCOC(=O)c1cc(CC)sc1NC(=O)c1sc2ccc(OC)cc2c1Cl. The maximum atomic E-state index is 12.8. The van der Waals surface area contributed by atoms with Gasteiger partial charge < -0.3 is 14.8 Å². The van der Waals surface area contributed by atoms with Crippen molar-refractivity contribution in [1.82, 2.24) is 0 Å². The van der Waals surface area contributed by atoms with Crippen molar-refractivity contribution in [3.8, 4) is 5.75 Å². The second-order valence-electron chi connectivity index (χ2n) is 5.59. The van der Waals surface area contributed by atoms with Crippen molar-refractivity contribution in [3.63, 3.8) is 0 Å². The fraction of sp³-hybridized carbons (Fsp3) is 0.263. The number of methoxy groups -OCH3 is 1. The lowest BCUT2D eigenvalue weighted by atomic mass is 10.2. The molecule has 5 nitrogen and oxygen atoms in total. The number of anilines is 1. The number of carbonyl (C=O) groups is 2. The number of hydrogen-bond acceptors (Lipinski definition) is 6. The van der Waals surface area contributed by atoms with Crippen LogP contribution in [0.1, 0.15) is 38.8 Å². The molecule has 0 aliphatic heterocycles. The number of carbonyl (C=O) groups excluding carboxylic acids is 2. The van der Waals surface area contributed by atoms with E-state index in [1.807, 2.05) is 19.1 Å². The lowest BCUT2D eigenvalue weighted by molar-refractivity contribution is 0.0528. The number of nitrogens with one attached hydrogen (secondary N) is 1. The first-order valence-electron chi connectivity index (χ1n) is 8.35.